The van der Waals surface area contributed by atoms with Crippen LogP contribution in [0.2, 0.25) is 0 Å². The molecule has 31 heavy (non-hydrogen) atoms. The molecule has 0 saturated carbocycles. The number of hydrogen-bond acceptors (Lipinski definition) is 6. The van der Waals surface area contributed by atoms with E-state index in [4.69, 9.17) is 4.98 Å². The first-order valence-electron chi connectivity index (χ1n) is 10.4. The summed E-state index contributed by atoms with van der Waals surface area (Å²) in [7, 11) is 0. The van der Waals surface area contributed by atoms with Gasteiger partial charge in [-0.1, -0.05) is 0 Å². The van der Waals surface area contributed by atoms with Gasteiger partial charge in [0, 0.05) is 30.0 Å². The topological polar surface area (TPSA) is 95.8 Å². The zero-order chi connectivity index (χ0) is 21.5. The van der Waals surface area contributed by atoms with Crippen LogP contribution in [0.5, 0.6) is 0 Å². The van der Waals surface area contributed by atoms with E-state index in [0.717, 1.165) is 29.8 Å². The average molecular weight is 413 g/mol. The number of pyridine rings is 1. The predicted octanol–water partition coefficient (Wildman–Crippen LogP) is 3.44. The fraction of sp³-hybridized carbons (Fsp3) is 0.304. The molecule has 1 unspecified atom stereocenters. The van der Waals surface area contributed by atoms with Crippen LogP contribution in [0.25, 0.3) is 22.7 Å². The number of benzene rings is 1. The number of imidazole rings is 1. The van der Waals surface area contributed by atoms with Gasteiger partial charge < -0.3 is 10.0 Å². The number of nitrogens with zero attached hydrogens (tertiary/aromatic N) is 7. The van der Waals surface area contributed by atoms with Crippen LogP contribution >= 0.6 is 0 Å². The maximum atomic E-state index is 10.3. The predicted molar refractivity (Wildman–Crippen MR) is 118 cm³/mol. The third-order valence-electron chi connectivity index (χ3n) is 5.79. The Morgan fingerprint density at radius 1 is 1.13 bits per heavy atom. The maximum absolute atomic E-state index is 10.3. The van der Waals surface area contributed by atoms with Crippen molar-refractivity contribution in [2.45, 2.75) is 32.8 Å². The van der Waals surface area contributed by atoms with Crippen LogP contribution in [0.15, 0.2) is 42.7 Å². The van der Waals surface area contributed by atoms with Crippen LogP contribution in [-0.2, 0) is 0 Å². The average Bonchev–Trinajstić information content (AvgIpc) is 3.52. The lowest BCUT2D eigenvalue weighted by Gasteiger charge is -2.17. The van der Waals surface area contributed by atoms with Crippen molar-refractivity contribution in [1.29, 1.82) is 5.26 Å². The van der Waals surface area contributed by atoms with E-state index in [9.17, 15) is 10.4 Å². The summed E-state index contributed by atoms with van der Waals surface area (Å²) in [6.45, 7) is 5.73. The summed E-state index contributed by atoms with van der Waals surface area (Å²) in [6, 6.07) is 13.8. The SMILES string of the molecule is Cc1cc(C#N)nn1-c1nc(-n2cnc3cc(N4CCCC4)ccc32)ccc1C(C)O. The molecule has 0 amide bonds. The fourth-order valence-electron chi connectivity index (χ4n) is 4.18. The minimum absolute atomic E-state index is 0.309. The summed E-state index contributed by atoms with van der Waals surface area (Å²) in [5, 5.41) is 23.8. The monoisotopic (exact) mass is 413 g/mol. The van der Waals surface area contributed by atoms with Gasteiger partial charge in [-0.2, -0.15) is 10.4 Å². The molecule has 156 valence electrons. The highest BCUT2D eigenvalue weighted by molar-refractivity contribution is 5.81. The second kappa shape index (κ2) is 7.52. The zero-order valence-electron chi connectivity index (χ0n) is 17.5. The summed E-state index contributed by atoms with van der Waals surface area (Å²) in [5.41, 5.74) is 4.79. The third kappa shape index (κ3) is 3.33. The molecule has 3 aromatic heterocycles. The molecule has 0 bridgehead atoms. The van der Waals surface area contributed by atoms with Crippen LogP contribution < -0.4 is 4.90 Å². The molecule has 4 aromatic rings. The number of rotatable bonds is 4. The Bertz CT molecular complexity index is 1310. The number of nitriles is 1. The second-order valence-corrected chi connectivity index (χ2v) is 7.93. The van der Waals surface area contributed by atoms with Crippen LogP contribution in [0, 0.1) is 18.3 Å². The van der Waals surface area contributed by atoms with Gasteiger partial charge in [-0.3, -0.25) is 4.57 Å². The van der Waals surface area contributed by atoms with E-state index in [2.05, 4.69) is 39.3 Å². The molecule has 1 atom stereocenters. The molecule has 5 rings (SSSR count). The van der Waals surface area contributed by atoms with E-state index in [1.54, 1.807) is 24.0 Å². The van der Waals surface area contributed by atoms with E-state index in [-0.39, 0.29) is 0 Å². The molecule has 1 N–H and O–H groups in total. The van der Waals surface area contributed by atoms with E-state index in [1.807, 2.05) is 23.6 Å². The number of aliphatic hydroxyl groups is 1. The first-order valence-corrected chi connectivity index (χ1v) is 10.4. The van der Waals surface area contributed by atoms with Gasteiger partial charge >= 0.3 is 0 Å². The first kappa shape index (κ1) is 19.3. The number of aliphatic hydroxyl groups excluding tert-OH is 1. The van der Waals surface area contributed by atoms with Crippen molar-refractivity contribution < 1.29 is 5.11 Å². The largest absolute Gasteiger partial charge is 0.389 e. The van der Waals surface area contributed by atoms with Gasteiger partial charge in [-0.05, 0) is 63.1 Å². The summed E-state index contributed by atoms with van der Waals surface area (Å²) in [5.74, 6) is 1.17. The van der Waals surface area contributed by atoms with Gasteiger partial charge in [0.05, 0.1) is 17.1 Å². The Hall–Kier alpha value is -3.70. The lowest BCUT2D eigenvalue weighted by Crippen LogP contribution is -2.17. The number of hydrogen-bond donors (Lipinski definition) is 1. The minimum atomic E-state index is -0.728. The van der Waals surface area contributed by atoms with Crippen molar-refractivity contribution in [1.82, 2.24) is 24.3 Å². The molecule has 8 nitrogen and oxygen atoms in total. The van der Waals surface area contributed by atoms with Crippen molar-refractivity contribution in [3.63, 3.8) is 0 Å². The van der Waals surface area contributed by atoms with Gasteiger partial charge in [-0.25, -0.2) is 14.6 Å². The molecule has 1 aliphatic rings. The highest BCUT2D eigenvalue weighted by Crippen LogP contribution is 2.28. The Kier molecular flexibility index (Phi) is 4.68. The van der Waals surface area contributed by atoms with Crippen LogP contribution in [0.4, 0.5) is 5.69 Å². The quantitative estimate of drug-likeness (QED) is 0.551. The van der Waals surface area contributed by atoms with Crippen molar-refractivity contribution in [2.24, 2.45) is 0 Å². The van der Waals surface area contributed by atoms with Crippen molar-refractivity contribution >= 4 is 16.7 Å². The number of aryl methyl sites for hydroxylation is 1. The lowest BCUT2D eigenvalue weighted by atomic mass is 10.1. The number of fused-ring (bicyclic) bond motifs is 1. The number of aromatic nitrogens is 5. The highest BCUT2D eigenvalue weighted by atomic mass is 16.3. The molecule has 1 saturated heterocycles. The standard InChI is InChI=1S/C23H23N7O/c1-15-11-17(13-24)27-30(15)23-19(16(2)31)6-8-22(26-23)29-14-25-20-12-18(5-7-21(20)29)28-9-3-4-10-28/h5-8,11-12,14,16,31H,3-4,9-10H2,1-2H3. The molecular formula is C23H23N7O. The van der Waals surface area contributed by atoms with Crippen molar-refractivity contribution in [3.05, 3.63) is 59.7 Å². The van der Waals surface area contributed by atoms with Gasteiger partial charge in [0.1, 0.15) is 18.2 Å². The van der Waals surface area contributed by atoms with Crippen molar-refractivity contribution in [2.75, 3.05) is 18.0 Å². The van der Waals surface area contributed by atoms with Crippen LogP contribution in [-0.4, -0.2) is 42.5 Å². The van der Waals surface area contributed by atoms with E-state index in [1.165, 1.54) is 18.5 Å². The molecule has 4 heterocycles. The lowest BCUT2D eigenvalue weighted by molar-refractivity contribution is 0.198. The van der Waals surface area contributed by atoms with Gasteiger partial charge in [-0.15, -0.1) is 0 Å². The number of anilines is 1. The summed E-state index contributed by atoms with van der Waals surface area (Å²) >= 11 is 0. The van der Waals surface area contributed by atoms with Gasteiger partial charge in [0.2, 0.25) is 0 Å². The van der Waals surface area contributed by atoms with Crippen LogP contribution in [0.1, 0.15) is 42.8 Å². The second-order valence-electron chi connectivity index (χ2n) is 7.93. The van der Waals surface area contributed by atoms with E-state index in [0.29, 0.717) is 22.9 Å². The highest BCUT2D eigenvalue weighted by Gasteiger charge is 2.18. The molecule has 0 aliphatic carbocycles. The Morgan fingerprint density at radius 2 is 1.94 bits per heavy atom. The zero-order valence-corrected chi connectivity index (χ0v) is 17.5. The Labute approximate surface area is 180 Å². The molecule has 1 aromatic carbocycles. The molecule has 0 radical (unpaired) electrons. The minimum Gasteiger partial charge on any atom is -0.389 e. The first-order chi connectivity index (χ1) is 15.0. The molecular weight excluding hydrogens is 390 g/mol. The summed E-state index contributed by atoms with van der Waals surface area (Å²) in [4.78, 5) is 11.8. The third-order valence-corrected chi connectivity index (χ3v) is 5.79. The fourth-order valence-corrected chi connectivity index (χ4v) is 4.18. The molecule has 0 spiro atoms. The molecule has 1 fully saturated rings. The molecule has 8 heteroatoms. The smallest absolute Gasteiger partial charge is 0.163 e. The Balaban J connectivity index is 1.61. The summed E-state index contributed by atoms with van der Waals surface area (Å²) in [6.07, 6.45) is 3.50. The van der Waals surface area contributed by atoms with Crippen LogP contribution in [0.3, 0.4) is 0 Å². The van der Waals surface area contributed by atoms with E-state index >= 15 is 0 Å². The van der Waals surface area contributed by atoms with Crippen molar-refractivity contribution in [3.8, 4) is 17.7 Å². The summed E-state index contributed by atoms with van der Waals surface area (Å²) < 4.78 is 3.54. The van der Waals surface area contributed by atoms with Gasteiger partial charge in [0.25, 0.3) is 0 Å². The molecule has 1 aliphatic heterocycles. The normalized spacial score (nSPS) is 14.8. The van der Waals surface area contributed by atoms with Gasteiger partial charge in [0.15, 0.2) is 11.5 Å². The maximum Gasteiger partial charge on any atom is 0.163 e. The Morgan fingerprint density at radius 3 is 2.65 bits per heavy atom. The van der Waals surface area contributed by atoms with E-state index < -0.39 is 6.10 Å².